The molecule has 5 nitrogen and oxygen atoms in total. The van der Waals surface area contributed by atoms with Gasteiger partial charge in [0.05, 0.1) is 7.11 Å². The summed E-state index contributed by atoms with van der Waals surface area (Å²) in [6.07, 6.45) is 1.21. The lowest BCUT2D eigenvalue weighted by Crippen LogP contribution is -2.13. The lowest BCUT2D eigenvalue weighted by Gasteiger charge is -2.06. The van der Waals surface area contributed by atoms with Crippen LogP contribution in [0.15, 0.2) is 30.6 Å². The topological polar surface area (TPSA) is 64.1 Å². The summed E-state index contributed by atoms with van der Waals surface area (Å²) in [4.78, 5) is 19.4. The molecule has 2 aromatic rings. The highest BCUT2D eigenvalue weighted by molar-refractivity contribution is 6.29. The second-order valence-corrected chi connectivity index (χ2v) is 3.92. The van der Waals surface area contributed by atoms with Crippen LogP contribution in [0.1, 0.15) is 10.4 Å². The van der Waals surface area contributed by atoms with Crippen molar-refractivity contribution in [3.63, 3.8) is 0 Å². The van der Waals surface area contributed by atoms with Gasteiger partial charge in [-0.25, -0.2) is 14.4 Å². The number of amides is 1. The summed E-state index contributed by atoms with van der Waals surface area (Å²) < 4.78 is 18.2. The Kier molecular flexibility index (Phi) is 3.91. The van der Waals surface area contributed by atoms with Crippen molar-refractivity contribution in [3.05, 3.63) is 47.1 Å². The summed E-state index contributed by atoms with van der Waals surface area (Å²) in [5.41, 5.74) is 0.146. The van der Waals surface area contributed by atoms with E-state index in [1.807, 2.05) is 0 Å². The van der Waals surface area contributed by atoms with Crippen LogP contribution >= 0.6 is 11.6 Å². The number of ether oxygens (including phenoxy) is 1. The Morgan fingerprint density at radius 3 is 2.79 bits per heavy atom. The van der Waals surface area contributed by atoms with Gasteiger partial charge in [0.1, 0.15) is 17.3 Å². The molecule has 0 saturated carbocycles. The molecule has 0 saturated heterocycles. The number of hydrogen-bond acceptors (Lipinski definition) is 4. The molecule has 0 aliphatic rings. The first kappa shape index (κ1) is 13.2. The van der Waals surface area contributed by atoms with Crippen molar-refractivity contribution in [1.29, 1.82) is 0 Å². The van der Waals surface area contributed by atoms with Gasteiger partial charge in [-0.05, 0) is 18.2 Å². The summed E-state index contributed by atoms with van der Waals surface area (Å²) in [6.45, 7) is 0. The first-order chi connectivity index (χ1) is 9.10. The number of hydrogen-bond donors (Lipinski definition) is 1. The van der Waals surface area contributed by atoms with Crippen LogP contribution in [0, 0.1) is 5.82 Å². The van der Waals surface area contributed by atoms with Gasteiger partial charge in [-0.15, -0.1) is 0 Å². The van der Waals surface area contributed by atoms with Gasteiger partial charge in [-0.1, -0.05) is 11.6 Å². The normalized spacial score (nSPS) is 10.1. The molecule has 0 spiro atoms. The number of methoxy groups -OCH3 is 1. The maximum Gasteiger partial charge on any atom is 0.256 e. The van der Waals surface area contributed by atoms with Crippen LogP contribution in [-0.4, -0.2) is 23.0 Å². The molecule has 0 fully saturated rings. The molecule has 19 heavy (non-hydrogen) atoms. The van der Waals surface area contributed by atoms with E-state index in [0.29, 0.717) is 0 Å². The molecule has 0 bridgehead atoms. The van der Waals surface area contributed by atoms with Gasteiger partial charge in [0, 0.05) is 11.6 Å². The minimum atomic E-state index is -0.615. The van der Waals surface area contributed by atoms with Crippen LogP contribution in [0.2, 0.25) is 5.15 Å². The van der Waals surface area contributed by atoms with Gasteiger partial charge >= 0.3 is 0 Å². The Morgan fingerprint density at radius 2 is 2.16 bits per heavy atom. The predicted molar refractivity (Wildman–Crippen MR) is 67.9 cm³/mol. The van der Waals surface area contributed by atoms with Crippen molar-refractivity contribution in [3.8, 4) is 5.75 Å². The molecule has 1 N–H and O–H groups in total. The van der Waals surface area contributed by atoms with Crippen LogP contribution in [-0.2, 0) is 0 Å². The molecule has 2 rings (SSSR count). The van der Waals surface area contributed by atoms with Gasteiger partial charge in [-0.2, -0.15) is 0 Å². The molecule has 1 amide bonds. The summed E-state index contributed by atoms with van der Waals surface area (Å²) in [6, 6.07) is 5.29. The second kappa shape index (κ2) is 5.62. The lowest BCUT2D eigenvalue weighted by molar-refractivity contribution is 0.102. The highest BCUT2D eigenvalue weighted by atomic mass is 35.5. The molecular weight excluding hydrogens is 273 g/mol. The quantitative estimate of drug-likeness (QED) is 0.878. The van der Waals surface area contributed by atoms with E-state index in [1.54, 1.807) is 0 Å². The summed E-state index contributed by atoms with van der Waals surface area (Å²) >= 11 is 5.66. The fraction of sp³-hybridized carbons (Fsp3) is 0.0833. The van der Waals surface area contributed by atoms with Crippen molar-refractivity contribution < 1.29 is 13.9 Å². The first-order valence-electron chi connectivity index (χ1n) is 5.22. The van der Waals surface area contributed by atoms with E-state index in [9.17, 15) is 9.18 Å². The number of rotatable bonds is 3. The van der Waals surface area contributed by atoms with E-state index in [0.717, 1.165) is 6.07 Å². The number of nitrogens with one attached hydrogen (secondary N) is 1. The van der Waals surface area contributed by atoms with Crippen LogP contribution in [0.4, 0.5) is 10.2 Å². The van der Waals surface area contributed by atoms with Crippen LogP contribution in [0.5, 0.6) is 5.75 Å². The molecule has 1 heterocycles. The maximum absolute atomic E-state index is 13.5. The zero-order valence-corrected chi connectivity index (χ0v) is 10.6. The number of carbonyl (C=O) groups excluding carboxylic acids is 1. The van der Waals surface area contributed by atoms with E-state index in [-0.39, 0.29) is 22.3 Å². The fourth-order valence-corrected chi connectivity index (χ4v) is 1.55. The molecule has 1 aromatic carbocycles. The third-order valence-corrected chi connectivity index (χ3v) is 2.50. The Labute approximate surface area is 113 Å². The monoisotopic (exact) mass is 281 g/mol. The second-order valence-electron chi connectivity index (χ2n) is 3.53. The number of benzene rings is 1. The minimum Gasteiger partial charge on any atom is -0.494 e. The van der Waals surface area contributed by atoms with E-state index in [1.165, 1.54) is 31.6 Å². The Balaban J connectivity index is 2.18. The van der Waals surface area contributed by atoms with E-state index < -0.39 is 11.7 Å². The largest absolute Gasteiger partial charge is 0.494 e. The smallest absolute Gasteiger partial charge is 0.256 e. The first-order valence-corrected chi connectivity index (χ1v) is 5.60. The molecule has 1 aromatic heterocycles. The SMILES string of the molecule is COc1ccc(C(=O)Nc2cc(Cl)ncn2)cc1F. The minimum absolute atomic E-state index is 0.0710. The van der Waals surface area contributed by atoms with Gasteiger partial charge in [0.15, 0.2) is 11.6 Å². The highest BCUT2D eigenvalue weighted by Gasteiger charge is 2.11. The van der Waals surface area contributed by atoms with Crippen LogP contribution in [0.3, 0.4) is 0 Å². The van der Waals surface area contributed by atoms with E-state index in [4.69, 9.17) is 16.3 Å². The average molecular weight is 282 g/mol. The predicted octanol–water partition coefficient (Wildman–Crippen LogP) is 2.53. The molecule has 0 atom stereocenters. The molecule has 0 aliphatic heterocycles. The average Bonchev–Trinajstić information content (AvgIpc) is 2.38. The lowest BCUT2D eigenvalue weighted by atomic mass is 10.2. The van der Waals surface area contributed by atoms with Crippen LogP contribution < -0.4 is 10.1 Å². The van der Waals surface area contributed by atoms with E-state index in [2.05, 4.69) is 15.3 Å². The Morgan fingerprint density at radius 1 is 1.37 bits per heavy atom. The Bertz CT molecular complexity index is 622. The Hall–Kier alpha value is -2.21. The van der Waals surface area contributed by atoms with Crippen LogP contribution in [0.25, 0.3) is 0 Å². The van der Waals surface area contributed by atoms with Crippen molar-refractivity contribution >= 4 is 23.3 Å². The number of carbonyl (C=O) groups is 1. The van der Waals surface area contributed by atoms with Crippen molar-refractivity contribution in [1.82, 2.24) is 9.97 Å². The van der Waals surface area contributed by atoms with Gasteiger partial charge in [-0.3, -0.25) is 4.79 Å². The van der Waals surface area contributed by atoms with Gasteiger partial charge < -0.3 is 10.1 Å². The summed E-state index contributed by atoms with van der Waals surface area (Å²) in [5.74, 6) is -0.810. The van der Waals surface area contributed by atoms with Crippen molar-refractivity contribution in [2.24, 2.45) is 0 Å². The highest BCUT2D eigenvalue weighted by Crippen LogP contribution is 2.18. The van der Waals surface area contributed by atoms with Crippen molar-refractivity contribution in [2.75, 3.05) is 12.4 Å². The number of aromatic nitrogens is 2. The zero-order valence-electron chi connectivity index (χ0n) is 9.85. The molecule has 0 aliphatic carbocycles. The van der Waals surface area contributed by atoms with E-state index >= 15 is 0 Å². The number of anilines is 1. The molecular formula is C12H9ClFN3O2. The zero-order chi connectivity index (χ0) is 13.8. The summed E-state index contributed by atoms with van der Waals surface area (Å²) in [7, 11) is 1.35. The van der Waals surface area contributed by atoms with Gasteiger partial charge in [0.25, 0.3) is 5.91 Å². The molecule has 7 heteroatoms. The summed E-state index contributed by atoms with van der Waals surface area (Å²) in [5, 5.41) is 2.68. The van der Waals surface area contributed by atoms with Crippen molar-refractivity contribution in [2.45, 2.75) is 0 Å². The molecule has 0 radical (unpaired) electrons. The fourth-order valence-electron chi connectivity index (χ4n) is 1.40. The maximum atomic E-state index is 13.5. The molecule has 98 valence electrons. The number of nitrogens with zero attached hydrogens (tertiary/aromatic N) is 2. The number of halogens is 2. The third-order valence-electron chi connectivity index (χ3n) is 2.29. The third kappa shape index (κ3) is 3.17. The van der Waals surface area contributed by atoms with Gasteiger partial charge in [0.2, 0.25) is 0 Å². The standard InChI is InChI=1S/C12H9ClFN3O2/c1-19-9-3-2-7(4-8(9)14)12(18)17-11-5-10(13)15-6-16-11/h2-6H,1H3,(H,15,16,17,18). The molecule has 0 unspecified atom stereocenters.